The van der Waals surface area contributed by atoms with Crippen molar-refractivity contribution < 1.29 is 0 Å². The van der Waals surface area contributed by atoms with Crippen molar-refractivity contribution in [2.45, 2.75) is 46.2 Å². The highest BCUT2D eigenvalue weighted by molar-refractivity contribution is 5.30. The minimum absolute atomic E-state index is 0.249. The molecule has 2 rings (SSSR count). The fourth-order valence-electron chi connectivity index (χ4n) is 2.44. The van der Waals surface area contributed by atoms with Crippen LogP contribution in [0.2, 0.25) is 0 Å². The summed E-state index contributed by atoms with van der Waals surface area (Å²) in [6.45, 7) is 7.38. The molecule has 1 aromatic carbocycles. The molecular weight excluding hydrogens is 248 g/mol. The van der Waals surface area contributed by atoms with E-state index in [1.165, 1.54) is 16.7 Å². The molecule has 0 saturated heterocycles. The Hall–Kier alpha value is -1.68. The monoisotopic (exact) mass is 272 g/mol. The first kappa shape index (κ1) is 14.7. The van der Waals surface area contributed by atoms with Gasteiger partial charge in [-0.05, 0) is 50.4 Å². The molecule has 108 valence electrons. The van der Waals surface area contributed by atoms with Crippen LogP contribution in [0.3, 0.4) is 0 Å². The van der Waals surface area contributed by atoms with E-state index in [0.717, 1.165) is 25.1 Å². The highest BCUT2D eigenvalue weighted by Crippen LogP contribution is 2.19. The number of hydrogen-bond donors (Lipinski definition) is 1. The quantitative estimate of drug-likeness (QED) is 0.879. The number of hydrogen-bond acceptors (Lipinski definition) is 3. The van der Waals surface area contributed by atoms with Gasteiger partial charge in [0.1, 0.15) is 0 Å². The second kappa shape index (κ2) is 6.66. The van der Waals surface area contributed by atoms with E-state index in [2.05, 4.69) is 54.6 Å². The minimum Gasteiger partial charge on any atom is -0.311 e. The fraction of sp³-hybridized carbons (Fsp3) is 0.500. The van der Waals surface area contributed by atoms with Crippen LogP contribution in [0.4, 0.5) is 0 Å². The van der Waals surface area contributed by atoms with Gasteiger partial charge in [0, 0.05) is 6.54 Å². The summed E-state index contributed by atoms with van der Waals surface area (Å²) in [6.07, 6.45) is 3.89. The lowest BCUT2D eigenvalue weighted by atomic mass is 9.99. The predicted octanol–water partition coefficient (Wildman–Crippen LogP) is 2.81. The average molecular weight is 272 g/mol. The van der Waals surface area contributed by atoms with Gasteiger partial charge in [-0.15, -0.1) is 5.10 Å². The Kier molecular flexibility index (Phi) is 4.90. The van der Waals surface area contributed by atoms with Gasteiger partial charge in [-0.2, -0.15) is 0 Å². The number of aromatic nitrogens is 3. The summed E-state index contributed by atoms with van der Waals surface area (Å²) in [7, 11) is 2.00. The number of aryl methyl sites for hydroxylation is 3. The van der Waals surface area contributed by atoms with Crippen molar-refractivity contribution >= 4 is 0 Å². The summed E-state index contributed by atoms with van der Waals surface area (Å²) < 4.78 is 2.00. The minimum atomic E-state index is 0.249. The van der Waals surface area contributed by atoms with Crippen molar-refractivity contribution in [3.63, 3.8) is 0 Å². The number of nitrogens with zero attached hydrogens (tertiary/aromatic N) is 3. The number of nitrogens with one attached hydrogen (secondary N) is 1. The van der Waals surface area contributed by atoms with E-state index in [-0.39, 0.29) is 6.04 Å². The van der Waals surface area contributed by atoms with Crippen LogP contribution < -0.4 is 5.32 Å². The Labute approximate surface area is 121 Å². The molecule has 0 aliphatic carbocycles. The SMILES string of the molecule is CCCn1nncc1C(Cc1ccc(C)c(C)c1)NC. The normalized spacial score (nSPS) is 12.6. The first-order valence-electron chi connectivity index (χ1n) is 7.27. The first-order chi connectivity index (χ1) is 9.65. The van der Waals surface area contributed by atoms with Crippen molar-refractivity contribution in [3.8, 4) is 0 Å². The summed E-state index contributed by atoms with van der Waals surface area (Å²) in [4.78, 5) is 0. The van der Waals surface area contributed by atoms with Crippen molar-refractivity contribution in [2.75, 3.05) is 7.05 Å². The van der Waals surface area contributed by atoms with Crippen molar-refractivity contribution in [3.05, 3.63) is 46.8 Å². The first-order valence-corrected chi connectivity index (χ1v) is 7.27. The van der Waals surface area contributed by atoms with Gasteiger partial charge in [0.05, 0.1) is 17.9 Å². The smallest absolute Gasteiger partial charge is 0.0759 e. The Morgan fingerprint density at radius 1 is 1.25 bits per heavy atom. The number of benzene rings is 1. The molecule has 4 nitrogen and oxygen atoms in total. The third-order valence-electron chi connectivity index (χ3n) is 3.80. The second-order valence-corrected chi connectivity index (χ2v) is 5.35. The molecule has 4 heteroatoms. The van der Waals surface area contributed by atoms with Gasteiger partial charge >= 0.3 is 0 Å². The standard InChI is InChI=1S/C16H24N4/c1-5-8-20-16(11-18-19-20)15(17-4)10-14-7-6-12(2)13(3)9-14/h6-7,9,11,15,17H,5,8,10H2,1-4H3. The Bertz CT molecular complexity index is 559. The van der Waals surface area contributed by atoms with E-state index in [0.29, 0.717) is 0 Å². The Morgan fingerprint density at radius 3 is 2.70 bits per heavy atom. The molecule has 1 N–H and O–H groups in total. The van der Waals surface area contributed by atoms with Crippen LogP contribution in [-0.2, 0) is 13.0 Å². The lowest BCUT2D eigenvalue weighted by Gasteiger charge is -2.17. The summed E-state index contributed by atoms with van der Waals surface area (Å²) >= 11 is 0. The van der Waals surface area contributed by atoms with Crippen molar-refractivity contribution in [1.82, 2.24) is 20.3 Å². The summed E-state index contributed by atoms with van der Waals surface area (Å²) in [5.41, 5.74) is 5.19. The molecule has 0 spiro atoms. The molecular formula is C16H24N4. The van der Waals surface area contributed by atoms with E-state index in [4.69, 9.17) is 0 Å². The van der Waals surface area contributed by atoms with E-state index < -0.39 is 0 Å². The van der Waals surface area contributed by atoms with Crippen LogP contribution in [-0.4, -0.2) is 22.0 Å². The van der Waals surface area contributed by atoms with Gasteiger partial charge in [0.15, 0.2) is 0 Å². The highest BCUT2D eigenvalue weighted by atomic mass is 15.4. The Balaban J connectivity index is 2.19. The van der Waals surface area contributed by atoms with Gasteiger partial charge in [-0.25, -0.2) is 4.68 Å². The molecule has 0 aliphatic rings. The van der Waals surface area contributed by atoms with E-state index >= 15 is 0 Å². The maximum Gasteiger partial charge on any atom is 0.0759 e. The number of rotatable bonds is 6. The zero-order chi connectivity index (χ0) is 14.5. The van der Waals surface area contributed by atoms with Crippen LogP contribution in [0.15, 0.2) is 24.4 Å². The maximum atomic E-state index is 4.17. The van der Waals surface area contributed by atoms with E-state index in [1.807, 2.05) is 17.9 Å². The third kappa shape index (κ3) is 3.25. The predicted molar refractivity (Wildman–Crippen MR) is 81.7 cm³/mol. The molecule has 1 unspecified atom stereocenters. The fourth-order valence-corrected chi connectivity index (χ4v) is 2.44. The van der Waals surface area contributed by atoms with Crippen LogP contribution in [0.1, 0.15) is 41.8 Å². The van der Waals surface area contributed by atoms with E-state index in [9.17, 15) is 0 Å². The third-order valence-corrected chi connectivity index (χ3v) is 3.80. The molecule has 0 fully saturated rings. The number of likely N-dealkylation sites (N-methyl/N-ethyl adjacent to an activating group) is 1. The molecule has 1 heterocycles. The van der Waals surface area contributed by atoms with Crippen LogP contribution >= 0.6 is 0 Å². The van der Waals surface area contributed by atoms with Gasteiger partial charge in [0.2, 0.25) is 0 Å². The van der Waals surface area contributed by atoms with Crippen LogP contribution in [0.25, 0.3) is 0 Å². The molecule has 0 bridgehead atoms. The molecule has 0 saturated carbocycles. The lowest BCUT2D eigenvalue weighted by Crippen LogP contribution is -2.22. The lowest BCUT2D eigenvalue weighted by molar-refractivity contribution is 0.490. The molecule has 1 aromatic heterocycles. The topological polar surface area (TPSA) is 42.7 Å². The van der Waals surface area contributed by atoms with Crippen LogP contribution in [0, 0.1) is 13.8 Å². The molecule has 1 atom stereocenters. The second-order valence-electron chi connectivity index (χ2n) is 5.35. The largest absolute Gasteiger partial charge is 0.311 e. The summed E-state index contributed by atoms with van der Waals surface area (Å²) in [5, 5.41) is 11.6. The van der Waals surface area contributed by atoms with Gasteiger partial charge in [-0.3, -0.25) is 0 Å². The summed E-state index contributed by atoms with van der Waals surface area (Å²) in [6, 6.07) is 6.92. The van der Waals surface area contributed by atoms with E-state index in [1.54, 1.807) is 0 Å². The summed E-state index contributed by atoms with van der Waals surface area (Å²) in [5.74, 6) is 0. The van der Waals surface area contributed by atoms with Gasteiger partial charge < -0.3 is 5.32 Å². The van der Waals surface area contributed by atoms with Gasteiger partial charge in [-0.1, -0.05) is 30.3 Å². The van der Waals surface area contributed by atoms with Crippen molar-refractivity contribution in [2.24, 2.45) is 0 Å². The van der Waals surface area contributed by atoms with Gasteiger partial charge in [0.25, 0.3) is 0 Å². The Morgan fingerprint density at radius 2 is 2.05 bits per heavy atom. The average Bonchev–Trinajstić information content (AvgIpc) is 2.88. The molecule has 2 aromatic rings. The zero-order valence-electron chi connectivity index (χ0n) is 12.8. The highest BCUT2D eigenvalue weighted by Gasteiger charge is 2.15. The van der Waals surface area contributed by atoms with Crippen LogP contribution in [0.5, 0.6) is 0 Å². The molecule has 0 aliphatic heterocycles. The molecule has 20 heavy (non-hydrogen) atoms. The zero-order valence-corrected chi connectivity index (χ0v) is 12.8. The molecule has 0 radical (unpaired) electrons. The van der Waals surface area contributed by atoms with Crippen molar-refractivity contribution in [1.29, 1.82) is 0 Å². The maximum absolute atomic E-state index is 4.17. The molecule has 0 amide bonds.